The molecule has 0 heterocycles. The first-order valence-corrected chi connectivity index (χ1v) is 28.8. The summed E-state index contributed by atoms with van der Waals surface area (Å²) in [6, 6.07) is 25.0. The van der Waals surface area contributed by atoms with Crippen molar-refractivity contribution in [3.8, 4) is 0 Å². The third-order valence-corrected chi connectivity index (χ3v) is 39.4. The van der Waals surface area contributed by atoms with Crippen LogP contribution in [0.1, 0.15) is 37.8 Å². The average Bonchev–Trinajstić information content (AvgIpc) is 3.45. The van der Waals surface area contributed by atoms with E-state index in [0.717, 1.165) is 24.0 Å². The van der Waals surface area contributed by atoms with Crippen molar-refractivity contribution in [3.63, 3.8) is 0 Å². The van der Waals surface area contributed by atoms with Crippen molar-refractivity contribution < 1.29 is 24.4 Å². The molecule has 0 nitrogen and oxygen atoms in total. The van der Waals surface area contributed by atoms with Crippen LogP contribution in [-0.4, -0.2) is 12.1 Å². The van der Waals surface area contributed by atoms with Crippen LogP contribution in [0, 0.1) is 11.6 Å². The number of benzene rings is 3. The summed E-state index contributed by atoms with van der Waals surface area (Å²) in [6.45, 7) is 4.54. The Morgan fingerprint density at radius 1 is 0.622 bits per heavy atom. The Kier molecular flexibility index (Phi) is 9.18. The standard InChI is InChI=1S/2C12H10F.C6H5.CH3.2ClH.GeH2.Zr/c2*1-9-3-2-4-12(9)10-5-7-11(13)8-6-10;1-2-4-6-5-3-1;;;;;/h2*4-8H,2H2,1H3;1-5H;1H3;2*1H;1H2;. The van der Waals surface area contributed by atoms with Crippen LogP contribution in [0.4, 0.5) is 8.78 Å². The zero-order valence-electron chi connectivity index (χ0n) is 21.4. The second-order valence-corrected chi connectivity index (χ2v) is 46.4. The van der Waals surface area contributed by atoms with Crippen LogP contribution >= 0.6 is 24.8 Å². The van der Waals surface area contributed by atoms with E-state index in [1.54, 1.807) is 30.8 Å². The topological polar surface area (TPSA) is 0 Å². The van der Waals surface area contributed by atoms with Crippen molar-refractivity contribution in [2.45, 2.75) is 31.3 Å². The van der Waals surface area contributed by atoms with Gasteiger partial charge in [0.15, 0.2) is 0 Å². The van der Waals surface area contributed by atoms with E-state index in [1.807, 2.05) is 24.3 Å². The van der Waals surface area contributed by atoms with Gasteiger partial charge in [0.2, 0.25) is 0 Å². The largest absolute Gasteiger partial charge is 0.147 e. The number of rotatable bonds is 5. The molecular weight excluding hydrogens is 645 g/mol. The SMILES string of the molecule is CC1=[C]([Zr]([CH3])(=[GeH2])([C]2=C(C)C(c3ccc(F)cc3)=CC2)[c]2ccccc2)CC=C1c1ccc(F)cc1.Cl.Cl. The summed E-state index contributed by atoms with van der Waals surface area (Å²) in [5.41, 5.74) is 7.41. The van der Waals surface area contributed by atoms with Crippen molar-refractivity contribution in [2.24, 2.45) is 0 Å². The van der Waals surface area contributed by atoms with Crippen LogP contribution in [-0.2, 0) is 15.7 Å². The number of halogens is 4. The Labute approximate surface area is 236 Å². The summed E-state index contributed by atoms with van der Waals surface area (Å²) in [5, 5.41) is 0. The molecule has 3 aromatic carbocycles. The summed E-state index contributed by atoms with van der Waals surface area (Å²) >= 11 is -2.60. The third kappa shape index (κ3) is 5.10. The first-order chi connectivity index (χ1) is 16.7. The molecule has 0 bridgehead atoms. The van der Waals surface area contributed by atoms with Gasteiger partial charge in [0.25, 0.3) is 0 Å². The molecule has 3 aromatic rings. The van der Waals surface area contributed by atoms with Crippen molar-refractivity contribution in [1.29, 1.82) is 0 Å². The van der Waals surface area contributed by atoms with Crippen LogP contribution < -0.4 is 3.27 Å². The van der Waals surface area contributed by atoms with E-state index >= 15 is 0 Å². The Morgan fingerprint density at radius 2 is 1.00 bits per heavy atom. The molecule has 0 fully saturated rings. The van der Waals surface area contributed by atoms with E-state index in [-0.39, 0.29) is 36.4 Å². The molecule has 0 radical (unpaired) electrons. The second-order valence-electron chi connectivity index (χ2n) is 10.2. The molecule has 6 heteroatoms. The van der Waals surface area contributed by atoms with Crippen molar-refractivity contribution >= 4 is 51.4 Å². The van der Waals surface area contributed by atoms with Gasteiger partial charge in [0.1, 0.15) is 0 Å². The smallest absolute Gasteiger partial charge is 0.147 e. The number of hydrogen-bond acceptors (Lipinski definition) is 0. The van der Waals surface area contributed by atoms with Crippen LogP contribution in [0.15, 0.2) is 109 Å². The summed E-state index contributed by atoms with van der Waals surface area (Å²) in [7, 11) is 0. The zero-order valence-corrected chi connectivity index (χ0v) is 28.4. The molecule has 0 saturated carbocycles. The molecule has 2 aliphatic rings. The molecule has 0 aliphatic heterocycles. The van der Waals surface area contributed by atoms with E-state index in [2.05, 4.69) is 61.0 Å². The fraction of sp³-hybridized carbons (Fsp3) is 0.161. The summed E-state index contributed by atoms with van der Waals surface area (Å²) in [4.78, 5) is 0. The van der Waals surface area contributed by atoms with Gasteiger partial charge in [-0.15, -0.1) is 24.8 Å². The Hall–Kier alpha value is -1.51. The van der Waals surface area contributed by atoms with Gasteiger partial charge in [-0.2, -0.15) is 0 Å². The maximum absolute atomic E-state index is 13.6. The van der Waals surface area contributed by atoms with Gasteiger partial charge in [-0.25, -0.2) is 0 Å². The number of allylic oxidation sites excluding steroid dienone is 8. The molecule has 0 aromatic heterocycles. The molecule has 0 unspecified atom stereocenters. The fourth-order valence-electron chi connectivity index (χ4n) is 6.26. The van der Waals surface area contributed by atoms with Crippen LogP contribution in [0.5, 0.6) is 0 Å². The molecule has 0 saturated heterocycles. The van der Waals surface area contributed by atoms with Crippen LogP contribution in [0.3, 0.4) is 0 Å². The van der Waals surface area contributed by atoms with E-state index in [4.69, 9.17) is 0 Å². The van der Waals surface area contributed by atoms with Crippen molar-refractivity contribution in [1.82, 2.24) is 0 Å². The van der Waals surface area contributed by atoms with Gasteiger partial charge in [0.05, 0.1) is 0 Å². The van der Waals surface area contributed by atoms with Crippen LogP contribution in [0.2, 0.25) is 4.63 Å². The summed E-state index contributed by atoms with van der Waals surface area (Å²) in [5.74, 6) is -0.403. The molecule has 37 heavy (non-hydrogen) atoms. The molecule has 0 atom stereocenters. The molecule has 192 valence electrons. The molecule has 2 aliphatic carbocycles. The van der Waals surface area contributed by atoms with Gasteiger partial charge in [-0.1, -0.05) is 0 Å². The minimum atomic E-state index is -3.84. The van der Waals surface area contributed by atoms with Gasteiger partial charge >= 0.3 is 214 Å². The van der Waals surface area contributed by atoms with E-state index in [9.17, 15) is 8.78 Å². The maximum atomic E-state index is 13.6. The Bertz CT molecular complexity index is 1420. The van der Waals surface area contributed by atoms with Crippen LogP contribution in [0.25, 0.3) is 11.1 Å². The predicted molar refractivity (Wildman–Crippen MR) is 158 cm³/mol. The minimum absolute atomic E-state index is 0. The third-order valence-electron chi connectivity index (χ3n) is 8.23. The quantitative estimate of drug-likeness (QED) is 0.239. The van der Waals surface area contributed by atoms with Gasteiger partial charge in [0, 0.05) is 0 Å². The molecule has 0 spiro atoms. The Morgan fingerprint density at radius 3 is 1.38 bits per heavy atom. The minimum Gasteiger partial charge on any atom is -0.147 e. The van der Waals surface area contributed by atoms with Crippen molar-refractivity contribution in [3.05, 3.63) is 131 Å². The fourth-order valence-corrected chi connectivity index (χ4v) is 33.5. The van der Waals surface area contributed by atoms with E-state index in [1.165, 1.54) is 37.7 Å². The molecular formula is C31H32Cl2F2GeZr. The normalized spacial score (nSPS) is 15.7. The van der Waals surface area contributed by atoms with Gasteiger partial charge < -0.3 is 0 Å². The average molecular weight is 677 g/mol. The number of hydrogen-bond donors (Lipinski definition) is 0. The predicted octanol–water partition coefficient (Wildman–Crippen LogP) is 8.24. The van der Waals surface area contributed by atoms with E-state index < -0.39 is 15.7 Å². The zero-order chi connectivity index (χ0) is 24.8. The van der Waals surface area contributed by atoms with Gasteiger partial charge in [-0.3, -0.25) is 0 Å². The first-order valence-electron chi connectivity index (χ1n) is 12.1. The Balaban J connectivity index is 0.00000190. The second kappa shape index (κ2) is 11.3. The first kappa shape index (κ1) is 30.0. The maximum Gasteiger partial charge on any atom is -0.147 e. The molecule has 0 N–H and O–H groups in total. The summed E-state index contributed by atoms with van der Waals surface area (Å²) in [6.07, 6.45) is 6.62. The van der Waals surface area contributed by atoms with E-state index in [0.29, 0.717) is 0 Å². The summed E-state index contributed by atoms with van der Waals surface area (Å²) < 4.78 is 34.6. The molecule has 0 amide bonds. The monoisotopic (exact) mass is 676 g/mol. The van der Waals surface area contributed by atoms with Gasteiger partial charge in [-0.05, 0) is 0 Å². The van der Waals surface area contributed by atoms with Crippen molar-refractivity contribution in [2.75, 3.05) is 0 Å². The molecule has 5 rings (SSSR count).